The van der Waals surface area contributed by atoms with Gasteiger partial charge in [-0.2, -0.15) is 0 Å². The maximum Gasteiger partial charge on any atom is 0.104 e. The Hall–Kier alpha value is -3.44. The number of thiophene rings is 1. The maximum atomic E-state index is 4.66. The zero-order chi connectivity index (χ0) is 19.5. The molecule has 0 aliphatic heterocycles. The van der Waals surface area contributed by atoms with Gasteiger partial charge in [0.2, 0.25) is 0 Å². The Balaban J connectivity index is 1.46. The minimum Gasteiger partial charge on any atom is -0.342 e. The van der Waals surface area contributed by atoms with E-state index in [1.165, 1.54) is 36.9 Å². The molecule has 0 aliphatic rings. The van der Waals surface area contributed by atoms with Gasteiger partial charge in [0.15, 0.2) is 0 Å². The van der Waals surface area contributed by atoms with Crippen LogP contribution in [0.2, 0.25) is 0 Å². The third kappa shape index (κ3) is 2.66. The Morgan fingerprint density at radius 1 is 0.793 bits per heavy atom. The van der Waals surface area contributed by atoms with Crippen molar-refractivity contribution >= 4 is 43.2 Å². The lowest BCUT2D eigenvalue weighted by Gasteiger charge is -2.02. The quantitative estimate of drug-likeness (QED) is 0.347. The molecule has 3 heterocycles. The molecule has 4 nitrogen and oxygen atoms in total. The van der Waals surface area contributed by atoms with Gasteiger partial charge in [-0.1, -0.05) is 30.3 Å². The fraction of sp³-hybridized carbons (Fsp3) is 0.0833. The van der Waals surface area contributed by atoms with Gasteiger partial charge >= 0.3 is 0 Å². The summed E-state index contributed by atoms with van der Waals surface area (Å²) in [7, 11) is 0. The van der Waals surface area contributed by atoms with Crippen LogP contribution in [0.3, 0.4) is 0 Å². The average Bonchev–Trinajstić information content (AvgIpc) is 3.43. The van der Waals surface area contributed by atoms with E-state index in [-0.39, 0.29) is 0 Å². The second-order valence-electron chi connectivity index (χ2n) is 7.47. The zero-order valence-electron chi connectivity index (χ0n) is 16.1. The number of nitrogens with zero attached hydrogens (tertiary/aromatic N) is 2. The highest BCUT2D eigenvalue weighted by molar-refractivity contribution is 7.22. The molecule has 0 saturated carbocycles. The van der Waals surface area contributed by atoms with Crippen molar-refractivity contribution in [3.63, 3.8) is 0 Å². The topological polar surface area (TPSA) is 57.4 Å². The monoisotopic (exact) mass is 394 g/mol. The molecule has 0 unspecified atom stereocenters. The van der Waals surface area contributed by atoms with Gasteiger partial charge in [-0.25, -0.2) is 9.97 Å². The molecule has 2 N–H and O–H groups in total. The Bertz CT molecular complexity index is 1530. The highest BCUT2D eigenvalue weighted by Gasteiger charge is 2.10. The summed E-state index contributed by atoms with van der Waals surface area (Å²) in [6, 6.07) is 19.8. The summed E-state index contributed by atoms with van der Waals surface area (Å²) in [6.45, 7) is 3.97. The Morgan fingerprint density at radius 3 is 2.52 bits per heavy atom. The van der Waals surface area contributed by atoms with Gasteiger partial charge < -0.3 is 9.97 Å². The van der Waals surface area contributed by atoms with Crippen molar-refractivity contribution in [2.75, 3.05) is 0 Å². The molecule has 0 fully saturated rings. The molecule has 140 valence electrons. The summed E-state index contributed by atoms with van der Waals surface area (Å²) in [6.07, 6.45) is 1.89. The Kier molecular flexibility index (Phi) is 3.43. The molecule has 0 radical (unpaired) electrons. The van der Waals surface area contributed by atoms with Crippen molar-refractivity contribution in [3.05, 3.63) is 72.4 Å². The van der Waals surface area contributed by atoms with Gasteiger partial charge in [0.05, 0.1) is 22.9 Å². The molecule has 0 amide bonds. The summed E-state index contributed by atoms with van der Waals surface area (Å²) < 4.78 is 1.28. The number of benzene rings is 3. The average molecular weight is 395 g/mol. The molecule has 0 saturated heterocycles. The van der Waals surface area contributed by atoms with Crippen LogP contribution in [0.4, 0.5) is 0 Å². The van der Waals surface area contributed by atoms with E-state index in [0.29, 0.717) is 0 Å². The van der Waals surface area contributed by atoms with Crippen LogP contribution in [0, 0.1) is 13.8 Å². The molecular weight excluding hydrogens is 376 g/mol. The van der Waals surface area contributed by atoms with Crippen molar-refractivity contribution in [2.24, 2.45) is 0 Å². The van der Waals surface area contributed by atoms with Crippen LogP contribution in [0.5, 0.6) is 0 Å². The number of imidazole rings is 2. The van der Waals surface area contributed by atoms with Crippen LogP contribution in [0.15, 0.2) is 60.8 Å². The molecule has 3 aromatic heterocycles. The van der Waals surface area contributed by atoms with E-state index in [9.17, 15) is 0 Å². The predicted molar refractivity (Wildman–Crippen MR) is 121 cm³/mol. The number of nitrogens with one attached hydrogen (secondary N) is 2. The number of aryl methyl sites for hydroxylation is 2. The lowest BCUT2D eigenvalue weighted by Crippen LogP contribution is -1.78. The van der Waals surface area contributed by atoms with Crippen LogP contribution in [0.1, 0.15) is 11.6 Å². The van der Waals surface area contributed by atoms with Crippen molar-refractivity contribution in [3.8, 4) is 21.7 Å². The highest BCUT2D eigenvalue weighted by atomic mass is 32.1. The smallest absolute Gasteiger partial charge is 0.104 e. The lowest BCUT2D eigenvalue weighted by molar-refractivity contribution is 1.15. The fourth-order valence-corrected chi connectivity index (χ4v) is 5.09. The number of rotatable bonds is 2. The highest BCUT2D eigenvalue weighted by Crippen LogP contribution is 2.37. The summed E-state index contributed by atoms with van der Waals surface area (Å²) >= 11 is 1.83. The Morgan fingerprint density at radius 2 is 1.66 bits per heavy atom. The Labute approximate surface area is 171 Å². The summed E-state index contributed by atoms with van der Waals surface area (Å²) in [5, 5.41) is 3.67. The normalized spacial score (nSPS) is 11.8. The first-order chi connectivity index (χ1) is 14.1. The third-order valence-corrected chi connectivity index (χ3v) is 6.55. The van der Waals surface area contributed by atoms with E-state index in [4.69, 9.17) is 0 Å². The van der Waals surface area contributed by atoms with Gasteiger partial charge in [0.25, 0.3) is 0 Å². The number of hydrogen-bond acceptors (Lipinski definition) is 3. The first-order valence-electron chi connectivity index (χ1n) is 9.59. The molecule has 6 rings (SSSR count). The SMILES string of the molecule is Cc1ncc(-c2ccc3cc(-c4ccc5c(ccc6[nH]c(C)nc65)c4)sc3c2)[nH]1. The second kappa shape index (κ2) is 6.03. The van der Waals surface area contributed by atoms with Crippen molar-refractivity contribution < 1.29 is 0 Å². The van der Waals surface area contributed by atoms with Crippen LogP contribution in [-0.4, -0.2) is 19.9 Å². The van der Waals surface area contributed by atoms with E-state index >= 15 is 0 Å². The molecular formula is C24H18N4S. The first kappa shape index (κ1) is 16.5. The van der Waals surface area contributed by atoms with Crippen molar-refractivity contribution in [2.45, 2.75) is 13.8 Å². The summed E-state index contributed by atoms with van der Waals surface area (Å²) in [5.74, 6) is 1.88. The maximum absolute atomic E-state index is 4.66. The van der Waals surface area contributed by atoms with Crippen LogP contribution in [0.25, 0.3) is 53.6 Å². The van der Waals surface area contributed by atoms with E-state index in [1.54, 1.807) is 0 Å². The zero-order valence-corrected chi connectivity index (χ0v) is 16.9. The standard InChI is InChI=1S/C24H18N4S/c1-13-25-12-21(26-13)16-3-4-18-11-23(29-22(18)10-16)17-5-7-19-15(9-17)6-8-20-24(19)28-14(2)27-20/h3-12H,1-2H3,(H,25,26)(H,27,28). The van der Waals surface area contributed by atoms with Crippen LogP contribution >= 0.6 is 11.3 Å². The molecule has 0 atom stereocenters. The molecule has 0 spiro atoms. The number of H-pyrrole nitrogens is 2. The van der Waals surface area contributed by atoms with Gasteiger partial charge in [0.1, 0.15) is 11.6 Å². The first-order valence-corrected chi connectivity index (χ1v) is 10.4. The molecule has 0 bridgehead atoms. The van der Waals surface area contributed by atoms with E-state index in [1.807, 2.05) is 31.4 Å². The number of fused-ring (bicyclic) bond motifs is 4. The minimum absolute atomic E-state index is 0.935. The lowest BCUT2D eigenvalue weighted by atomic mass is 10.0. The fourth-order valence-electron chi connectivity index (χ4n) is 3.99. The number of aromatic amines is 2. The largest absolute Gasteiger partial charge is 0.342 e. The van der Waals surface area contributed by atoms with Crippen molar-refractivity contribution in [1.82, 2.24) is 19.9 Å². The molecule has 6 aromatic rings. The van der Waals surface area contributed by atoms with Crippen LogP contribution < -0.4 is 0 Å². The van der Waals surface area contributed by atoms with Gasteiger partial charge in [0, 0.05) is 20.5 Å². The van der Waals surface area contributed by atoms with E-state index in [2.05, 4.69) is 74.5 Å². The molecule has 29 heavy (non-hydrogen) atoms. The third-order valence-electron chi connectivity index (χ3n) is 5.40. The van der Waals surface area contributed by atoms with Gasteiger partial charge in [-0.15, -0.1) is 11.3 Å². The molecule has 0 aliphatic carbocycles. The number of hydrogen-bond donors (Lipinski definition) is 2. The van der Waals surface area contributed by atoms with E-state index in [0.717, 1.165) is 28.4 Å². The van der Waals surface area contributed by atoms with Gasteiger partial charge in [-0.05, 0) is 54.4 Å². The minimum atomic E-state index is 0.935. The summed E-state index contributed by atoms with van der Waals surface area (Å²) in [5.41, 5.74) is 5.60. The molecule has 3 aromatic carbocycles. The van der Waals surface area contributed by atoms with Crippen molar-refractivity contribution in [1.29, 1.82) is 0 Å². The number of aromatic nitrogens is 4. The summed E-state index contributed by atoms with van der Waals surface area (Å²) in [4.78, 5) is 16.9. The predicted octanol–water partition coefficient (Wildman–Crippen LogP) is 6.60. The second-order valence-corrected chi connectivity index (χ2v) is 8.55. The van der Waals surface area contributed by atoms with E-state index < -0.39 is 0 Å². The molecule has 5 heteroatoms. The van der Waals surface area contributed by atoms with Gasteiger partial charge in [-0.3, -0.25) is 0 Å². The van der Waals surface area contributed by atoms with Crippen LogP contribution in [-0.2, 0) is 0 Å².